The quantitative estimate of drug-likeness (QED) is 0.626. The molecule has 3 aromatic rings. The Kier molecular flexibility index (Phi) is 4.63. The third-order valence-electron chi connectivity index (χ3n) is 5.58. The van der Waals surface area contributed by atoms with Gasteiger partial charge in [0.15, 0.2) is 5.78 Å². The van der Waals surface area contributed by atoms with Gasteiger partial charge in [-0.25, -0.2) is 0 Å². The van der Waals surface area contributed by atoms with Crippen LogP contribution in [0.4, 0.5) is 5.69 Å². The first-order chi connectivity index (χ1) is 13.5. The average molecular weight is 372 g/mol. The van der Waals surface area contributed by atoms with Crippen LogP contribution in [0.25, 0.3) is 11.3 Å². The number of para-hydroxylation sites is 1. The number of benzene rings is 2. The highest BCUT2D eigenvalue weighted by Crippen LogP contribution is 2.33. The second-order valence-electron chi connectivity index (χ2n) is 7.48. The highest BCUT2D eigenvalue weighted by atomic mass is 16.2. The third-order valence-corrected chi connectivity index (χ3v) is 5.58. The summed E-state index contributed by atoms with van der Waals surface area (Å²) in [5, 5.41) is 0. The van der Waals surface area contributed by atoms with Gasteiger partial charge >= 0.3 is 0 Å². The number of rotatable bonds is 4. The highest BCUT2D eigenvalue weighted by molar-refractivity contribution is 5.99. The Morgan fingerprint density at radius 3 is 2.43 bits per heavy atom. The van der Waals surface area contributed by atoms with E-state index in [1.54, 1.807) is 6.92 Å². The lowest BCUT2D eigenvalue weighted by Crippen LogP contribution is -2.38. The van der Waals surface area contributed by atoms with Crippen molar-refractivity contribution in [2.45, 2.75) is 39.8 Å². The largest absolute Gasteiger partial charge is 0.335 e. The second kappa shape index (κ2) is 7.12. The van der Waals surface area contributed by atoms with Gasteiger partial charge in [-0.05, 0) is 50.5 Å². The van der Waals surface area contributed by atoms with E-state index in [1.807, 2.05) is 71.0 Å². The van der Waals surface area contributed by atoms with Crippen LogP contribution in [-0.4, -0.2) is 22.3 Å². The van der Waals surface area contributed by atoms with Gasteiger partial charge in [0.2, 0.25) is 5.91 Å². The van der Waals surface area contributed by atoms with Gasteiger partial charge in [-0.3, -0.25) is 9.59 Å². The molecule has 1 atom stereocenters. The molecule has 1 aromatic heterocycles. The maximum atomic E-state index is 13.3. The van der Waals surface area contributed by atoms with Crippen molar-refractivity contribution >= 4 is 17.4 Å². The first kappa shape index (κ1) is 18.2. The normalized spacial score (nSPS) is 15.5. The molecule has 0 unspecified atom stereocenters. The van der Waals surface area contributed by atoms with Crippen molar-refractivity contribution in [2.75, 3.05) is 4.90 Å². The lowest BCUT2D eigenvalue weighted by molar-refractivity contribution is -0.119. The van der Waals surface area contributed by atoms with Crippen LogP contribution in [0.1, 0.15) is 35.5 Å². The van der Waals surface area contributed by atoms with Gasteiger partial charge in [0.1, 0.15) is 6.54 Å². The van der Waals surface area contributed by atoms with Crippen molar-refractivity contribution < 1.29 is 9.59 Å². The number of aromatic nitrogens is 1. The number of hydrogen-bond acceptors (Lipinski definition) is 2. The van der Waals surface area contributed by atoms with Gasteiger partial charge in [0, 0.05) is 28.7 Å². The summed E-state index contributed by atoms with van der Waals surface area (Å²) in [6.07, 6.45) is 0.872. The summed E-state index contributed by atoms with van der Waals surface area (Å²) in [5.41, 5.74) is 5.61. The molecule has 1 aliphatic heterocycles. The molecule has 0 bridgehead atoms. The molecule has 0 aliphatic carbocycles. The number of carbonyl (C=O) groups is 2. The summed E-state index contributed by atoms with van der Waals surface area (Å²) in [6.45, 7) is 5.78. The lowest BCUT2D eigenvalue weighted by atomic mass is 10.1. The van der Waals surface area contributed by atoms with Crippen LogP contribution in [-0.2, 0) is 17.8 Å². The van der Waals surface area contributed by atoms with Gasteiger partial charge in [-0.1, -0.05) is 48.5 Å². The summed E-state index contributed by atoms with van der Waals surface area (Å²) in [7, 11) is 0. The Bertz CT molecular complexity index is 1050. The number of anilines is 1. The van der Waals surface area contributed by atoms with E-state index in [9.17, 15) is 9.59 Å². The Balaban J connectivity index is 1.74. The number of nitrogens with zero attached hydrogens (tertiary/aromatic N) is 2. The van der Waals surface area contributed by atoms with Crippen molar-refractivity contribution in [3.8, 4) is 11.3 Å². The summed E-state index contributed by atoms with van der Waals surface area (Å²) in [4.78, 5) is 27.3. The molecule has 0 fully saturated rings. The highest BCUT2D eigenvalue weighted by Gasteiger charge is 2.31. The molecule has 2 heterocycles. The molecular formula is C24H24N2O2. The van der Waals surface area contributed by atoms with Crippen LogP contribution in [0.3, 0.4) is 0 Å². The first-order valence-corrected chi connectivity index (χ1v) is 9.64. The topological polar surface area (TPSA) is 42.3 Å². The molecule has 0 saturated heterocycles. The Morgan fingerprint density at radius 1 is 1.04 bits per heavy atom. The van der Waals surface area contributed by atoms with E-state index >= 15 is 0 Å². The standard InChI is InChI=1S/C24H24N2O2/c1-16-13-20-11-7-8-12-22(20)26(16)24(28)15-25-17(2)21(18(3)27)14-23(25)19-9-5-4-6-10-19/h4-12,14,16H,13,15H2,1-3H3/t16-/m1/s1. The molecule has 2 aromatic carbocycles. The maximum absolute atomic E-state index is 13.3. The zero-order valence-electron chi connectivity index (χ0n) is 16.5. The van der Waals surface area contributed by atoms with Gasteiger partial charge in [0.25, 0.3) is 0 Å². The summed E-state index contributed by atoms with van der Waals surface area (Å²) in [6, 6.07) is 20.0. The van der Waals surface area contributed by atoms with Crippen LogP contribution in [0.2, 0.25) is 0 Å². The van der Waals surface area contributed by atoms with Crippen molar-refractivity contribution in [3.05, 3.63) is 77.5 Å². The fourth-order valence-electron chi connectivity index (χ4n) is 4.21. The average Bonchev–Trinajstić information content (AvgIpc) is 3.19. The predicted molar refractivity (Wildman–Crippen MR) is 112 cm³/mol. The van der Waals surface area contributed by atoms with E-state index in [2.05, 4.69) is 13.0 Å². The molecule has 0 radical (unpaired) electrons. The zero-order valence-corrected chi connectivity index (χ0v) is 16.5. The van der Waals surface area contributed by atoms with Crippen LogP contribution in [0.15, 0.2) is 60.7 Å². The van der Waals surface area contributed by atoms with Crippen LogP contribution >= 0.6 is 0 Å². The Labute approximate surface area is 165 Å². The number of carbonyl (C=O) groups excluding carboxylic acids is 2. The molecule has 0 spiro atoms. The number of fused-ring (bicyclic) bond motifs is 1. The Hall–Kier alpha value is -3.14. The molecule has 4 heteroatoms. The maximum Gasteiger partial charge on any atom is 0.247 e. The van der Waals surface area contributed by atoms with E-state index in [0.717, 1.165) is 29.1 Å². The van der Waals surface area contributed by atoms with E-state index in [-0.39, 0.29) is 24.3 Å². The number of amides is 1. The number of Topliss-reactive ketones (excluding diaryl/α,β-unsaturated/α-hetero) is 1. The molecular weight excluding hydrogens is 348 g/mol. The third kappa shape index (κ3) is 3.05. The van der Waals surface area contributed by atoms with Gasteiger partial charge in [-0.15, -0.1) is 0 Å². The molecule has 1 amide bonds. The van der Waals surface area contributed by atoms with E-state index in [1.165, 1.54) is 5.56 Å². The lowest BCUT2D eigenvalue weighted by Gasteiger charge is -2.24. The van der Waals surface area contributed by atoms with Crippen LogP contribution in [0.5, 0.6) is 0 Å². The minimum Gasteiger partial charge on any atom is -0.335 e. The van der Waals surface area contributed by atoms with Gasteiger partial charge in [0.05, 0.1) is 0 Å². The van der Waals surface area contributed by atoms with E-state index in [0.29, 0.717) is 5.56 Å². The molecule has 0 saturated carbocycles. The SMILES string of the molecule is CC(=O)c1cc(-c2ccccc2)n(CC(=O)N2c3ccccc3C[C@H]2C)c1C. The molecule has 0 N–H and O–H groups in total. The predicted octanol–water partition coefficient (Wildman–Crippen LogP) is 4.64. The van der Waals surface area contributed by atoms with Crippen molar-refractivity contribution in [1.82, 2.24) is 4.57 Å². The fraction of sp³-hybridized carbons (Fsp3) is 0.250. The molecule has 4 rings (SSSR count). The molecule has 4 nitrogen and oxygen atoms in total. The van der Waals surface area contributed by atoms with Crippen molar-refractivity contribution in [1.29, 1.82) is 0 Å². The van der Waals surface area contributed by atoms with Crippen LogP contribution in [0, 0.1) is 6.92 Å². The minimum absolute atomic E-state index is 0.0146. The van der Waals surface area contributed by atoms with Gasteiger partial charge < -0.3 is 9.47 Å². The van der Waals surface area contributed by atoms with E-state index < -0.39 is 0 Å². The smallest absolute Gasteiger partial charge is 0.247 e. The zero-order chi connectivity index (χ0) is 19.8. The summed E-state index contributed by atoms with van der Waals surface area (Å²) < 4.78 is 1.97. The first-order valence-electron chi connectivity index (χ1n) is 9.64. The van der Waals surface area contributed by atoms with Crippen molar-refractivity contribution in [3.63, 3.8) is 0 Å². The Morgan fingerprint density at radius 2 is 1.71 bits per heavy atom. The molecule has 28 heavy (non-hydrogen) atoms. The number of ketones is 1. The summed E-state index contributed by atoms with van der Waals surface area (Å²) in [5.74, 6) is 0.0594. The monoisotopic (exact) mass is 372 g/mol. The minimum atomic E-state index is 0.0146. The number of hydrogen-bond donors (Lipinski definition) is 0. The van der Waals surface area contributed by atoms with Crippen molar-refractivity contribution in [2.24, 2.45) is 0 Å². The van der Waals surface area contributed by atoms with Crippen LogP contribution < -0.4 is 4.90 Å². The molecule has 142 valence electrons. The van der Waals surface area contributed by atoms with E-state index in [4.69, 9.17) is 0 Å². The second-order valence-corrected chi connectivity index (χ2v) is 7.48. The fourth-order valence-corrected chi connectivity index (χ4v) is 4.21. The summed E-state index contributed by atoms with van der Waals surface area (Å²) >= 11 is 0. The van der Waals surface area contributed by atoms with Gasteiger partial charge in [-0.2, -0.15) is 0 Å². The molecule has 1 aliphatic rings.